The SMILES string of the molecule is COc1ccc(C=O)cc1OCC(=O)Nc1sc2c(c1C(N)=O)CCCC2. The minimum Gasteiger partial charge on any atom is -0.493 e. The maximum Gasteiger partial charge on any atom is 0.262 e. The first-order chi connectivity index (χ1) is 13.0. The van der Waals surface area contributed by atoms with Crippen LogP contribution in [0.1, 0.15) is 44.0 Å². The smallest absolute Gasteiger partial charge is 0.262 e. The van der Waals surface area contributed by atoms with Crippen molar-refractivity contribution >= 4 is 34.4 Å². The fourth-order valence-corrected chi connectivity index (χ4v) is 4.41. The molecule has 8 heteroatoms. The van der Waals surface area contributed by atoms with Crippen LogP contribution in [0.3, 0.4) is 0 Å². The Morgan fingerprint density at radius 1 is 1.26 bits per heavy atom. The van der Waals surface area contributed by atoms with Crippen LogP contribution < -0.4 is 20.5 Å². The van der Waals surface area contributed by atoms with Gasteiger partial charge in [-0.2, -0.15) is 0 Å². The molecule has 0 atom stereocenters. The van der Waals surface area contributed by atoms with Crippen LogP contribution in [-0.4, -0.2) is 31.8 Å². The zero-order valence-electron chi connectivity index (χ0n) is 14.9. The lowest BCUT2D eigenvalue weighted by Crippen LogP contribution is -2.22. The van der Waals surface area contributed by atoms with Crippen LogP contribution in [0, 0.1) is 0 Å². The number of rotatable bonds is 7. The Kier molecular flexibility index (Phi) is 5.75. The molecule has 0 spiro atoms. The van der Waals surface area contributed by atoms with Crippen LogP contribution in [-0.2, 0) is 17.6 Å². The number of methoxy groups -OCH3 is 1. The minimum absolute atomic E-state index is 0.290. The molecular formula is C19H20N2O5S. The van der Waals surface area contributed by atoms with E-state index >= 15 is 0 Å². The average molecular weight is 388 g/mol. The van der Waals surface area contributed by atoms with Gasteiger partial charge in [0.05, 0.1) is 12.7 Å². The molecule has 1 aliphatic rings. The summed E-state index contributed by atoms with van der Waals surface area (Å²) in [5.74, 6) is -0.253. The lowest BCUT2D eigenvalue weighted by Gasteiger charge is -2.12. The zero-order chi connectivity index (χ0) is 19.4. The second-order valence-corrected chi connectivity index (χ2v) is 7.25. The molecule has 0 radical (unpaired) electrons. The van der Waals surface area contributed by atoms with E-state index in [2.05, 4.69) is 5.32 Å². The molecule has 3 N–H and O–H groups in total. The van der Waals surface area contributed by atoms with Gasteiger partial charge >= 0.3 is 0 Å². The van der Waals surface area contributed by atoms with Crippen LogP contribution in [0.4, 0.5) is 5.00 Å². The third-order valence-corrected chi connectivity index (χ3v) is 5.56. The number of amides is 2. The van der Waals surface area contributed by atoms with E-state index in [9.17, 15) is 14.4 Å². The van der Waals surface area contributed by atoms with Gasteiger partial charge in [0.2, 0.25) is 0 Å². The van der Waals surface area contributed by atoms with Gasteiger partial charge in [-0.1, -0.05) is 0 Å². The number of hydrogen-bond acceptors (Lipinski definition) is 6. The van der Waals surface area contributed by atoms with E-state index in [4.69, 9.17) is 15.2 Å². The van der Waals surface area contributed by atoms with Crippen molar-refractivity contribution in [3.05, 3.63) is 39.8 Å². The van der Waals surface area contributed by atoms with Crippen molar-refractivity contribution in [1.29, 1.82) is 0 Å². The molecule has 1 heterocycles. The van der Waals surface area contributed by atoms with Gasteiger partial charge < -0.3 is 20.5 Å². The van der Waals surface area contributed by atoms with E-state index in [1.807, 2.05) is 0 Å². The minimum atomic E-state index is -0.536. The number of ether oxygens (including phenoxy) is 2. The Morgan fingerprint density at radius 3 is 2.74 bits per heavy atom. The second kappa shape index (κ2) is 8.22. The number of nitrogens with two attached hydrogens (primary N) is 1. The summed E-state index contributed by atoms with van der Waals surface area (Å²) in [6.07, 6.45) is 4.44. The predicted molar refractivity (Wildman–Crippen MR) is 102 cm³/mol. The van der Waals surface area contributed by atoms with E-state index < -0.39 is 11.8 Å². The van der Waals surface area contributed by atoms with Crippen molar-refractivity contribution < 1.29 is 23.9 Å². The molecule has 2 aromatic rings. The summed E-state index contributed by atoms with van der Waals surface area (Å²) in [6.45, 7) is -0.292. The number of primary amides is 1. The molecule has 27 heavy (non-hydrogen) atoms. The molecule has 0 saturated carbocycles. The summed E-state index contributed by atoms with van der Waals surface area (Å²) in [7, 11) is 1.47. The maximum atomic E-state index is 12.3. The molecule has 0 saturated heterocycles. The number of carbonyl (C=O) groups is 3. The largest absolute Gasteiger partial charge is 0.493 e. The third-order valence-electron chi connectivity index (χ3n) is 4.35. The molecule has 0 aliphatic heterocycles. The fourth-order valence-electron chi connectivity index (χ4n) is 3.10. The lowest BCUT2D eigenvalue weighted by atomic mass is 9.95. The number of thiophene rings is 1. The highest BCUT2D eigenvalue weighted by molar-refractivity contribution is 7.17. The lowest BCUT2D eigenvalue weighted by molar-refractivity contribution is -0.118. The monoisotopic (exact) mass is 388 g/mol. The van der Waals surface area contributed by atoms with Crippen LogP contribution in [0.25, 0.3) is 0 Å². The van der Waals surface area contributed by atoms with Gasteiger partial charge in [0.1, 0.15) is 11.3 Å². The Balaban J connectivity index is 1.73. The van der Waals surface area contributed by atoms with Gasteiger partial charge in [-0.3, -0.25) is 14.4 Å². The average Bonchev–Trinajstić information content (AvgIpc) is 3.03. The Morgan fingerprint density at radius 2 is 2.04 bits per heavy atom. The molecule has 3 rings (SSSR count). The number of hydrogen-bond donors (Lipinski definition) is 2. The van der Waals surface area contributed by atoms with Crippen molar-refractivity contribution in [3.8, 4) is 11.5 Å². The van der Waals surface area contributed by atoms with Crippen LogP contribution in [0.2, 0.25) is 0 Å². The number of anilines is 1. The molecule has 0 fully saturated rings. The summed E-state index contributed by atoms with van der Waals surface area (Å²) in [4.78, 5) is 36.2. The number of nitrogens with one attached hydrogen (secondary N) is 1. The van der Waals surface area contributed by atoms with Gasteiger partial charge in [-0.05, 0) is 49.4 Å². The molecule has 2 amide bonds. The normalized spacial score (nSPS) is 12.8. The molecule has 0 bridgehead atoms. The van der Waals surface area contributed by atoms with E-state index in [-0.39, 0.29) is 12.4 Å². The molecule has 1 aromatic heterocycles. The molecule has 1 aromatic carbocycles. The summed E-state index contributed by atoms with van der Waals surface area (Å²) in [6, 6.07) is 4.68. The Bertz CT molecular complexity index is 890. The number of fused-ring (bicyclic) bond motifs is 1. The maximum absolute atomic E-state index is 12.3. The zero-order valence-corrected chi connectivity index (χ0v) is 15.7. The van der Waals surface area contributed by atoms with Crippen molar-refractivity contribution in [2.24, 2.45) is 5.73 Å². The third kappa shape index (κ3) is 4.11. The molecule has 142 valence electrons. The highest BCUT2D eigenvalue weighted by Crippen LogP contribution is 2.38. The Hall–Kier alpha value is -2.87. The first kappa shape index (κ1) is 18.9. The van der Waals surface area contributed by atoms with Crippen molar-refractivity contribution in [2.45, 2.75) is 25.7 Å². The number of benzene rings is 1. The molecule has 1 aliphatic carbocycles. The van der Waals surface area contributed by atoms with Gasteiger partial charge in [0.15, 0.2) is 18.1 Å². The van der Waals surface area contributed by atoms with E-state index in [1.54, 1.807) is 12.1 Å². The quantitative estimate of drug-likeness (QED) is 0.709. The van der Waals surface area contributed by atoms with Gasteiger partial charge in [-0.15, -0.1) is 11.3 Å². The van der Waals surface area contributed by atoms with Gasteiger partial charge in [0.25, 0.3) is 11.8 Å². The van der Waals surface area contributed by atoms with Crippen LogP contribution in [0.5, 0.6) is 11.5 Å². The summed E-state index contributed by atoms with van der Waals surface area (Å²) >= 11 is 1.39. The number of carbonyl (C=O) groups excluding carboxylic acids is 3. The van der Waals surface area contributed by atoms with E-state index in [1.165, 1.54) is 24.5 Å². The van der Waals surface area contributed by atoms with Crippen molar-refractivity contribution in [3.63, 3.8) is 0 Å². The fraction of sp³-hybridized carbons (Fsp3) is 0.316. The number of aldehydes is 1. The van der Waals surface area contributed by atoms with Crippen molar-refractivity contribution in [2.75, 3.05) is 19.0 Å². The highest BCUT2D eigenvalue weighted by Gasteiger charge is 2.25. The topological polar surface area (TPSA) is 108 Å². The molecular weight excluding hydrogens is 368 g/mol. The van der Waals surface area contributed by atoms with Crippen molar-refractivity contribution in [1.82, 2.24) is 0 Å². The first-order valence-corrected chi connectivity index (χ1v) is 9.35. The summed E-state index contributed by atoms with van der Waals surface area (Å²) < 4.78 is 10.7. The molecule has 7 nitrogen and oxygen atoms in total. The second-order valence-electron chi connectivity index (χ2n) is 6.14. The first-order valence-electron chi connectivity index (χ1n) is 8.53. The Labute approximate surface area is 160 Å². The highest BCUT2D eigenvalue weighted by atomic mass is 32.1. The van der Waals surface area contributed by atoms with E-state index in [0.29, 0.717) is 28.2 Å². The predicted octanol–water partition coefficient (Wildman–Crippen LogP) is 2.56. The van der Waals surface area contributed by atoms with Crippen LogP contribution in [0.15, 0.2) is 18.2 Å². The van der Waals surface area contributed by atoms with E-state index in [0.717, 1.165) is 36.1 Å². The summed E-state index contributed by atoms with van der Waals surface area (Å²) in [5.41, 5.74) is 7.30. The van der Waals surface area contributed by atoms with Crippen LogP contribution >= 0.6 is 11.3 Å². The summed E-state index contributed by atoms with van der Waals surface area (Å²) in [5, 5.41) is 3.20. The standard InChI is InChI=1S/C19H20N2O5S/c1-25-13-7-6-11(9-22)8-14(13)26-10-16(23)21-19-17(18(20)24)12-4-2-3-5-15(12)27-19/h6-9H,2-5,10H2,1H3,(H2,20,24)(H,21,23). The molecule has 0 unspecified atom stereocenters. The van der Waals surface area contributed by atoms with Gasteiger partial charge in [-0.25, -0.2) is 0 Å². The number of aryl methyl sites for hydroxylation is 1. The van der Waals surface area contributed by atoms with Gasteiger partial charge in [0, 0.05) is 10.4 Å².